The summed E-state index contributed by atoms with van der Waals surface area (Å²) in [5.74, 6) is 1.59. The Morgan fingerprint density at radius 2 is 1.88 bits per heavy atom. The molecule has 0 aliphatic rings. The van der Waals surface area contributed by atoms with E-state index in [1.54, 1.807) is 14.2 Å². The Balaban J connectivity index is 3.08. The molecule has 3 heteroatoms. The van der Waals surface area contributed by atoms with Crippen molar-refractivity contribution in [3.8, 4) is 5.75 Å². The van der Waals surface area contributed by atoms with E-state index >= 15 is 0 Å². The standard InChI is InChI=1S/C13H19IO2/c1-9(2)5-10-7-13(16-4)12(14)6-11(10)8-15-3/h6-7,9H,5,8H2,1-4H3. The molecule has 1 aromatic rings. The van der Waals surface area contributed by atoms with Crippen LogP contribution in [0.15, 0.2) is 12.1 Å². The van der Waals surface area contributed by atoms with Crippen LogP contribution in [-0.4, -0.2) is 14.2 Å². The Morgan fingerprint density at radius 3 is 2.38 bits per heavy atom. The second-order valence-corrected chi connectivity index (χ2v) is 5.45. The monoisotopic (exact) mass is 334 g/mol. The topological polar surface area (TPSA) is 18.5 Å². The van der Waals surface area contributed by atoms with Gasteiger partial charge in [-0.15, -0.1) is 0 Å². The van der Waals surface area contributed by atoms with Gasteiger partial charge in [-0.1, -0.05) is 13.8 Å². The molecule has 16 heavy (non-hydrogen) atoms. The first-order valence-corrected chi connectivity index (χ1v) is 6.50. The summed E-state index contributed by atoms with van der Waals surface area (Å²) in [4.78, 5) is 0. The van der Waals surface area contributed by atoms with Gasteiger partial charge in [0.25, 0.3) is 0 Å². The van der Waals surface area contributed by atoms with Crippen LogP contribution in [0.2, 0.25) is 0 Å². The minimum Gasteiger partial charge on any atom is -0.496 e. The summed E-state index contributed by atoms with van der Waals surface area (Å²) in [6.07, 6.45) is 1.06. The molecule has 0 fully saturated rings. The van der Waals surface area contributed by atoms with Crippen LogP contribution in [0.25, 0.3) is 0 Å². The zero-order chi connectivity index (χ0) is 12.1. The van der Waals surface area contributed by atoms with Gasteiger partial charge in [-0.3, -0.25) is 0 Å². The molecule has 90 valence electrons. The van der Waals surface area contributed by atoms with E-state index in [1.807, 2.05) is 0 Å². The molecule has 1 rings (SSSR count). The number of rotatable bonds is 5. The SMILES string of the molecule is COCc1cc(I)c(OC)cc1CC(C)C. The Bertz CT molecular complexity index is 348. The lowest BCUT2D eigenvalue weighted by molar-refractivity contribution is 0.184. The van der Waals surface area contributed by atoms with Crippen LogP contribution in [0.3, 0.4) is 0 Å². The Morgan fingerprint density at radius 1 is 1.19 bits per heavy atom. The number of hydrogen-bond acceptors (Lipinski definition) is 2. The van der Waals surface area contributed by atoms with E-state index in [2.05, 4.69) is 48.6 Å². The highest BCUT2D eigenvalue weighted by Gasteiger charge is 2.10. The Kier molecular flexibility index (Phi) is 5.55. The van der Waals surface area contributed by atoms with Crippen molar-refractivity contribution in [3.63, 3.8) is 0 Å². The molecule has 0 aliphatic heterocycles. The molecule has 0 aliphatic carbocycles. The van der Waals surface area contributed by atoms with Crippen molar-refractivity contribution in [2.45, 2.75) is 26.9 Å². The van der Waals surface area contributed by atoms with Crippen LogP contribution in [0.5, 0.6) is 5.75 Å². The van der Waals surface area contributed by atoms with Crippen molar-refractivity contribution < 1.29 is 9.47 Å². The molecule has 0 spiro atoms. The van der Waals surface area contributed by atoms with E-state index < -0.39 is 0 Å². The third-order valence-electron chi connectivity index (χ3n) is 2.40. The van der Waals surface area contributed by atoms with E-state index in [0.717, 1.165) is 15.7 Å². The molecule has 0 saturated carbocycles. The minimum atomic E-state index is 0.639. The van der Waals surface area contributed by atoms with Crippen molar-refractivity contribution in [1.29, 1.82) is 0 Å². The van der Waals surface area contributed by atoms with Gasteiger partial charge in [0.05, 0.1) is 17.3 Å². The summed E-state index contributed by atoms with van der Waals surface area (Å²) in [6.45, 7) is 5.12. The smallest absolute Gasteiger partial charge is 0.132 e. The summed E-state index contributed by atoms with van der Waals surface area (Å²) < 4.78 is 11.7. The fourth-order valence-corrected chi connectivity index (χ4v) is 2.46. The second-order valence-electron chi connectivity index (χ2n) is 4.29. The zero-order valence-corrected chi connectivity index (χ0v) is 12.5. The summed E-state index contributed by atoms with van der Waals surface area (Å²) in [7, 11) is 3.45. The molecule has 0 radical (unpaired) electrons. The predicted octanol–water partition coefficient (Wildman–Crippen LogP) is 3.64. The highest BCUT2D eigenvalue weighted by Crippen LogP contribution is 2.27. The van der Waals surface area contributed by atoms with Crippen molar-refractivity contribution in [3.05, 3.63) is 26.8 Å². The van der Waals surface area contributed by atoms with E-state index in [0.29, 0.717) is 12.5 Å². The highest BCUT2D eigenvalue weighted by atomic mass is 127. The fraction of sp³-hybridized carbons (Fsp3) is 0.538. The van der Waals surface area contributed by atoms with Crippen LogP contribution < -0.4 is 4.74 Å². The van der Waals surface area contributed by atoms with Gasteiger partial charge in [0, 0.05) is 7.11 Å². The lowest BCUT2D eigenvalue weighted by Crippen LogP contribution is -2.03. The van der Waals surface area contributed by atoms with E-state index in [-0.39, 0.29) is 0 Å². The normalized spacial score (nSPS) is 10.9. The number of methoxy groups -OCH3 is 2. The first-order valence-electron chi connectivity index (χ1n) is 5.42. The van der Waals surface area contributed by atoms with Gasteiger partial charge in [0.2, 0.25) is 0 Å². The maximum atomic E-state index is 5.35. The van der Waals surface area contributed by atoms with Crippen LogP contribution in [0, 0.1) is 9.49 Å². The zero-order valence-electron chi connectivity index (χ0n) is 10.3. The molecular weight excluding hydrogens is 315 g/mol. The van der Waals surface area contributed by atoms with Gasteiger partial charge in [-0.2, -0.15) is 0 Å². The molecule has 0 atom stereocenters. The van der Waals surface area contributed by atoms with Crippen molar-refractivity contribution in [1.82, 2.24) is 0 Å². The molecule has 0 unspecified atom stereocenters. The predicted molar refractivity (Wildman–Crippen MR) is 75.0 cm³/mol. The van der Waals surface area contributed by atoms with Crippen molar-refractivity contribution in [2.24, 2.45) is 5.92 Å². The second kappa shape index (κ2) is 6.45. The average Bonchev–Trinajstić information content (AvgIpc) is 2.21. The van der Waals surface area contributed by atoms with Gasteiger partial charge in [-0.05, 0) is 58.2 Å². The largest absolute Gasteiger partial charge is 0.496 e. The lowest BCUT2D eigenvalue weighted by Gasteiger charge is -2.14. The minimum absolute atomic E-state index is 0.639. The molecule has 0 N–H and O–H groups in total. The molecule has 0 saturated heterocycles. The van der Waals surface area contributed by atoms with Gasteiger partial charge in [-0.25, -0.2) is 0 Å². The van der Waals surface area contributed by atoms with Gasteiger partial charge >= 0.3 is 0 Å². The van der Waals surface area contributed by atoms with Gasteiger partial charge in [0.15, 0.2) is 0 Å². The number of halogens is 1. The molecule has 0 bridgehead atoms. The molecular formula is C13H19IO2. The first kappa shape index (κ1) is 13.8. The van der Waals surface area contributed by atoms with Crippen LogP contribution in [-0.2, 0) is 17.8 Å². The third kappa shape index (κ3) is 3.63. The van der Waals surface area contributed by atoms with Gasteiger partial charge < -0.3 is 9.47 Å². The van der Waals surface area contributed by atoms with E-state index in [4.69, 9.17) is 9.47 Å². The molecule has 2 nitrogen and oxygen atoms in total. The van der Waals surface area contributed by atoms with Crippen molar-refractivity contribution >= 4 is 22.6 Å². The maximum Gasteiger partial charge on any atom is 0.132 e. The third-order valence-corrected chi connectivity index (χ3v) is 3.25. The lowest BCUT2D eigenvalue weighted by atomic mass is 9.98. The quantitative estimate of drug-likeness (QED) is 0.766. The number of ether oxygens (including phenoxy) is 2. The first-order chi connectivity index (χ1) is 7.58. The molecule has 0 aromatic heterocycles. The average molecular weight is 334 g/mol. The summed E-state index contributed by atoms with van der Waals surface area (Å²) >= 11 is 2.30. The fourth-order valence-electron chi connectivity index (χ4n) is 1.71. The van der Waals surface area contributed by atoms with Crippen LogP contribution >= 0.6 is 22.6 Å². The Hall–Kier alpha value is -0.290. The van der Waals surface area contributed by atoms with Crippen LogP contribution in [0.1, 0.15) is 25.0 Å². The summed E-state index contributed by atoms with van der Waals surface area (Å²) in [5, 5.41) is 0. The van der Waals surface area contributed by atoms with E-state index in [1.165, 1.54) is 11.1 Å². The molecule has 0 amide bonds. The summed E-state index contributed by atoms with van der Waals surface area (Å²) in [5.41, 5.74) is 2.59. The molecule has 1 aromatic carbocycles. The van der Waals surface area contributed by atoms with Crippen LogP contribution in [0.4, 0.5) is 0 Å². The molecule has 0 heterocycles. The Labute approximate surface area is 111 Å². The highest BCUT2D eigenvalue weighted by molar-refractivity contribution is 14.1. The summed E-state index contributed by atoms with van der Waals surface area (Å²) in [6, 6.07) is 4.29. The van der Waals surface area contributed by atoms with Gasteiger partial charge in [0.1, 0.15) is 5.75 Å². The number of hydrogen-bond donors (Lipinski definition) is 0. The number of benzene rings is 1. The maximum absolute atomic E-state index is 5.35. The van der Waals surface area contributed by atoms with E-state index in [9.17, 15) is 0 Å². The van der Waals surface area contributed by atoms with Crippen molar-refractivity contribution in [2.75, 3.05) is 14.2 Å².